The van der Waals surface area contributed by atoms with Crippen LogP contribution in [-0.4, -0.2) is 11.6 Å². The Labute approximate surface area is 98.5 Å². The van der Waals surface area contributed by atoms with Gasteiger partial charge in [-0.05, 0) is 26.0 Å². The molecule has 0 saturated carbocycles. The third-order valence-corrected chi connectivity index (χ3v) is 2.29. The zero-order valence-electron chi connectivity index (χ0n) is 9.77. The highest BCUT2D eigenvalue weighted by atomic mass is 16.5. The first kappa shape index (κ1) is 11.4. The van der Waals surface area contributed by atoms with E-state index >= 15 is 0 Å². The van der Waals surface area contributed by atoms with Gasteiger partial charge in [-0.1, -0.05) is 12.1 Å². The lowest BCUT2D eigenvalue weighted by Gasteiger charge is -2.02. The van der Waals surface area contributed by atoms with Gasteiger partial charge in [0.25, 0.3) is 5.56 Å². The molecule has 0 aliphatic carbocycles. The Morgan fingerprint density at radius 1 is 1.47 bits per heavy atom. The van der Waals surface area contributed by atoms with E-state index in [1.165, 1.54) is 0 Å². The van der Waals surface area contributed by atoms with Crippen molar-refractivity contribution in [2.75, 3.05) is 6.61 Å². The SMILES string of the molecule is CCO/C=C(\C)c1nc(=O)c2ccccc2o1. The zero-order chi connectivity index (χ0) is 12.3. The van der Waals surface area contributed by atoms with Gasteiger partial charge in [0.15, 0.2) is 0 Å². The van der Waals surface area contributed by atoms with Gasteiger partial charge in [0.05, 0.1) is 18.3 Å². The van der Waals surface area contributed by atoms with Crippen LogP contribution in [-0.2, 0) is 4.74 Å². The van der Waals surface area contributed by atoms with E-state index in [-0.39, 0.29) is 5.56 Å². The quantitative estimate of drug-likeness (QED) is 0.762. The summed E-state index contributed by atoms with van der Waals surface area (Å²) >= 11 is 0. The lowest BCUT2D eigenvalue weighted by Crippen LogP contribution is -2.08. The van der Waals surface area contributed by atoms with Gasteiger partial charge >= 0.3 is 0 Å². The van der Waals surface area contributed by atoms with Gasteiger partial charge < -0.3 is 9.15 Å². The second-order valence-electron chi connectivity index (χ2n) is 3.58. The van der Waals surface area contributed by atoms with E-state index in [1.54, 1.807) is 31.4 Å². The summed E-state index contributed by atoms with van der Waals surface area (Å²) in [4.78, 5) is 15.6. The molecular formula is C13H13NO3. The first-order valence-corrected chi connectivity index (χ1v) is 5.41. The van der Waals surface area contributed by atoms with Gasteiger partial charge in [-0.25, -0.2) is 0 Å². The smallest absolute Gasteiger partial charge is 0.284 e. The Morgan fingerprint density at radius 3 is 3.00 bits per heavy atom. The molecule has 0 radical (unpaired) electrons. The Hall–Kier alpha value is -2.10. The van der Waals surface area contributed by atoms with Crippen LogP contribution in [0.4, 0.5) is 0 Å². The van der Waals surface area contributed by atoms with E-state index in [2.05, 4.69) is 4.98 Å². The van der Waals surface area contributed by atoms with Crippen LogP contribution in [0.1, 0.15) is 19.7 Å². The molecule has 0 aliphatic rings. The predicted octanol–water partition coefficient (Wildman–Crippen LogP) is 2.59. The molecule has 2 aromatic rings. The minimum Gasteiger partial charge on any atom is -0.501 e. The Bertz CT molecular complexity index is 613. The van der Waals surface area contributed by atoms with Crippen LogP contribution >= 0.6 is 0 Å². The molecule has 2 rings (SSSR count). The number of allylic oxidation sites excluding steroid dienone is 1. The summed E-state index contributed by atoms with van der Waals surface area (Å²) < 4.78 is 10.7. The molecule has 0 bridgehead atoms. The summed E-state index contributed by atoms with van der Waals surface area (Å²) in [6.07, 6.45) is 1.54. The van der Waals surface area contributed by atoms with E-state index in [0.29, 0.717) is 29.0 Å². The second kappa shape index (κ2) is 4.82. The monoisotopic (exact) mass is 231 g/mol. The van der Waals surface area contributed by atoms with Crippen LogP contribution in [0.15, 0.2) is 39.7 Å². The summed E-state index contributed by atoms with van der Waals surface area (Å²) in [7, 11) is 0. The number of para-hydroxylation sites is 1. The van der Waals surface area contributed by atoms with Crippen LogP contribution in [0.2, 0.25) is 0 Å². The van der Waals surface area contributed by atoms with Crippen LogP contribution in [0.3, 0.4) is 0 Å². The molecule has 1 heterocycles. The van der Waals surface area contributed by atoms with Crippen molar-refractivity contribution in [3.05, 3.63) is 46.8 Å². The maximum atomic E-state index is 11.7. The van der Waals surface area contributed by atoms with E-state index in [9.17, 15) is 4.79 Å². The molecular weight excluding hydrogens is 218 g/mol. The highest BCUT2D eigenvalue weighted by Gasteiger charge is 2.07. The van der Waals surface area contributed by atoms with Gasteiger partial charge in [-0.15, -0.1) is 0 Å². The molecule has 0 saturated heterocycles. The molecule has 4 heteroatoms. The molecule has 0 unspecified atom stereocenters. The average molecular weight is 231 g/mol. The second-order valence-corrected chi connectivity index (χ2v) is 3.58. The maximum Gasteiger partial charge on any atom is 0.284 e. The number of aromatic nitrogens is 1. The average Bonchev–Trinajstić information content (AvgIpc) is 2.36. The Balaban J connectivity index is 2.54. The number of rotatable bonds is 3. The molecule has 88 valence electrons. The van der Waals surface area contributed by atoms with Gasteiger partial charge in [0.2, 0.25) is 5.89 Å². The highest BCUT2D eigenvalue weighted by molar-refractivity contribution is 5.76. The molecule has 17 heavy (non-hydrogen) atoms. The number of hydrogen-bond acceptors (Lipinski definition) is 4. The number of benzene rings is 1. The normalized spacial score (nSPS) is 11.8. The van der Waals surface area contributed by atoms with Gasteiger partial charge in [0.1, 0.15) is 5.58 Å². The Morgan fingerprint density at radius 2 is 2.24 bits per heavy atom. The Kier molecular flexibility index (Phi) is 3.23. The molecule has 0 N–H and O–H groups in total. The van der Waals surface area contributed by atoms with Crippen molar-refractivity contribution in [2.24, 2.45) is 0 Å². The van der Waals surface area contributed by atoms with Crippen molar-refractivity contribution < 1.29 is 9.15 Å². The number of nitrogens with zero attached hydrogens (tertiary/aromatic N) is 1. The molecule has 0 amide bonds. The highest BCUT2D eigenvalue weighted by Crippen LogP contribution is 2.15. The molecule has 1 aromatic heterocycles. The van der Waals surface area contributed by atoms with Crippen molar-refractivity contribution >= 4 is 16.5 Å². The third-order valence-electron chi connectivity index (χ3n) is 2.29. The maximum absolute atomic E-state index is 11.7. The van der Waals surface area contributed by atoms with Gasteiger partial charge in [-0.2, -0.15) is 4.98 Å². The first-order chi connectivity index (χ1) is 8.22. The largest absolute Gasteiger partial charge is 0.501 e. The fourth-order valence-corrected chi connectivity index (χ4v) is 1.44. The number of ether oxygens (including phenoxy) is 1. The summed E-state index contributed by atoms with van der Waals surface area (Å²) in [5.41, 5.74) is 0.938. The fraction of sp³-hybridized carbons (Fsp3) is 0.231. The van der Waals surface area contributed by atoms with Crippen molar-refractivity contribution in [2.45, 2.75) is 13.8 Å². The lowest BCUT2D eigenvalue weighted by molar-refractivity contribution is 0.270. The molecule has 4 nitrogen and oxygen atoms in total. The molecule has 0 spiro atoms. The van der Waals surface area contributed by atoms with Crippen molar-refractivity contribution in [1.29, 1.82) is 0 Å². The lowest BCUT2D eigenvalue weighted by atomic mass is 10.2. The zero-order valence-corrected chi connectivity index (χ0v) is 9.77. The van der Waals surface area contributed by atoms with E-state index in [0.717, 1.165) is 0 Å². The number of fused-ring (bicyclic) bond motifs is 1. The predicted molar refractivity (Wildman–Crippen MR) is 65.6 cm³/mol. The minimum atomic E-state index is -0.286. The van der Waals surface area contributed by atoms with E-state index < -0.39 is 0 Å². The summed E-state index contributed by atoms with van der Waals surface area (Å²) in [5.74, 6) is 0.294. The van der Waals surface area contributed by atoms with Crippen LogP contribution < -0.4 is 5.56 Å². The topological polar surface area (TPSA) is 52.3 Å². The van der Waals surface area contributed by atoms with Crippen molar-refractivity contribution in [3.8, 4) is 0 Å². The van der Waals surface area contributed by atoms with Crippen LogP contribution in [0.5, 0.6) is 0 Å². The van der Waals surface area contributed by atoms with E-state index in [4.69, 9.17) is 9.15 Å². The summed E-state index contributed by atoms with van der Waals surface area (Å²) in [6.45, 7) is 4.23. The molecule has 0 atom stereocenters. The summed E-state index contributed by atoms with van der Waals surface area (Å²) in [6, 6.07) is 7.04. The van der Waals surface area contributed by atoms with E-state index in [1.807, 2.05) is 13.0 Å². The minimum absolute atomic E-state index is 0.286. The van der Waals surface area contributed by atoms with Gasteiger partial charge in [0, 0.05) is 5.57 Å². The molecule has 0 fully saturated rings. The molecule has 1 aromatic carbocycles. The van der Waals surface area contributed by atoms with Crippen LogP contribution in [0, 0.1) is 0 Å². The van der Waals surface area contributed by atoms with Crippen molar-refractivity contribution in [1.82, 2.24) is 4.98 Å². The molecule has 0 aliphatic heterocycles. The first-order valence-electron chi connectivity index (χ1n) is 5.41. The van der Waals surface area contributed by atoms with Crippen LogP contribution in [0.25, 0.3) is 16.5 Å². The standard InChI is InChI=1S/C13H13NO3/c1-3-16-8-9(2)13-14-12(15)10-6-4-5-7-11(10)17-13/h4-8H,3H2,1-2H3/b9-8+. The van der Waals surface area contributed by atoms with Crippen molar-refractivity contribution in [3.63, 3.8) is 0 Å². The number of hydrogen-bond donors (Lipinski definition) is 0. The summed E-state index contributed by atoms with van der Waals surface area (Å²) in [5, 5.41) is 0.487. The fourth-order valence-electron chi connectivity index (χ4n) is 1.44. The van der Waals surface area contributed by atoms with Gasteiger partial charge in [-0.3, -0.25) is 4.79 Å². The third kappa shape index (κ3) is 2.36.